The molecule has 0 amide bonds. The van der Waals surface area contributed by atoms with Crippen molar-refractivity contribution >= 4 is 38.8 Å². The van der Waals surface area contributed by atoms with Gasteiger partial charge in [0.1, 0.15) is 11.3 Å². The SMILES string of the molecule is O=C1c2ccsc2C(=O)c2c(-c3cccc(Br)c3)noc21. The summed E-state index contributed by atoms with van der Waals surface area (Å²) in [5.41, 5.74) is 1.79. The monoisotopic (exact) mass is 359 g/mol. The normalized spacial score (nSPS) is 13.2. The second-order valence-electron chi connectivity index (χ2n) is 4.57. The molecule has 1 aliphatic carbocycles. The van der Waals surface area contributed by atoms with Gasteiger partial charge in [0.2, 0.25) is 17.3 Å². The lowest BCUT2D eigenvalue weighted by atomic mass is 9.92. The summed E-state index contributed by atoms with van der Waals surface area (Å²) in [5, 5.41) is 5.67. The maximum absolute atomic E-state index is 12.6. The molecule has 1 aromatic carbocycles. The van der Waals surface area contributed by atoms with Gasteiger partial charge in [0.15, 0.2) is 0 Å². The van der Waals surface area contributed by atoms with Gasteiger partial charge in [-0.2, -0.15) is 0 Å². The molecule has 3 aromatic rings. The molecule has 1 aliphatic rings. The molecule has 2 aromatic heterocycles. The van der Waals surface area contributed by atoms with Gasteiger partial charge in [0.05, 0.1) is 4.88 Å². The summed E-state index contributed by atoms with van der Waals surface area (Å²) in [5.74, 6) is -0.457. The van der Waals surface area contributed by atoms with E-state index in [0.717, 1.165) is 10.0 Å². The Morgan fingerprint density at radius 3 is 2.81 bits per heavy atom. The fourth-order valence-electron chi connectivity index (χ4n) is 2.39. The van der Waals surface area contributed by atoms with Gasteiger partial charge in [-0.25, -0.2) is 0 Å². The van der Waals surface area contributed by atoms with Crippen molar-refractivity contribution < 1.29 is 14.1 Å². The lowest BCUT2D eigenvalue weighted by Crippen LogP contribution is -2.17. The van der Waals surface area contributed by atoms with Crippen LogP contribution in [0.2, 0.25) is 0 Å². The summed E-state index contributed by atoms with van der Waals surface area (Å²) in [7, 11) is 0. The first-order chi connectivity index (χ1) is 10.2. The van der Waals surface area contributed by atoms with Crippen LogP contribution in [0.3, 0.4) is 0 Å². The highest BCUT2D eigenvalue weighted by Crippen LogP contribution is 2.36. The van der Waals surface area contributed by atoms with E-state index in [-0.39, 0.29) is 22.9 Å². The number of hydrogen-bond donors (Lipinski definition) is 0. The molecule has 0 aliphatic heterocycles. The molecule has 4 rings (SSSR count). The van der Waals surface area contributed by atoms with Crippen LogP contribution in [-0.2, 0) is 0 Å². The molecule has 0 bridgehead atoms. The van der Waals surface area contributed by atoms with Crippen LogP contribution in [0, 0.1) is 0 Å². The minimum Gasteiger partial charge on any atom is -0.351 e. The predicted octanol–water partition coefficient (Wildman–Crippen LogP) is 3.94. The smallest absolute Gasteiger partial charge is 0.233 e. The van der Waals surface area contributed by atoms with Crippen LogP contribution < -0.4 is 0 Å². The van der Waals surface area contributed by atoms with Crippen molar-refractivity contribution in [2.75, 3.05) is 0 Å². The number of carbonyl (C=O) groups is 2. The first-order valence-electron chi connectivity index (χ1n) is 6.09. The van der Waals surface area contributed by atoms with E-state index in [9.17, 15) is 9.59 Å². The van der Waals surface area contributed by atoms with Crippen LogP contribution in [0.5, 0.6) is 0 Å². The van der Waals surface area contributed by atoms with Crippen LogP contribution in [0.4, 0.5) is 0 Å². The molecule has 0 saturated carbocycles. The molecular formula is C15H6BrNO3S. The number of aromatic nitrogens is 1. The highest BCUT2D eigenvalue weighted by atomic mass is 79.9. The fraction of sp³-hybridized carbons (Fsp3) is 0. The molecule has 0 N–H and O–H groups in total. The van der Waals surface area contributed by atoms with Crippen LogP contribution in [0.15, 0.2) is 44.7 Å². The molecule has 4 nitrogen and oxygen atoms in total. The Kier molecular flexibility index (Phi) is 2.70. The summed E-state index contributed by atoms with van der Waals surface area (Å²) in [4.78, 5) is 25.4. The maximum atomic E-state index is 12.6. The Bertz CT molecular complexity index is 909. The summed E-state index contributed by atoms with van der Waals surface area (Å²) in [6, 6.07) is 9.02. The summed E-state index contributed by atoms with van der Waals surface area (Å²) < 4.78 is 6.02. The number of ketones is 2. The molecule has 0 radical (unpaired) electrons. The van der Waals surface area contributed by atoms with Crippen LogP contribution >= 0.6 is 27.3 Å². The largest absolute Gasteiger partial charge is 0.351 e. The van der Waals surface area contributed by atoms with Gasteiger partial charge in [-0.1, -0.05) is 33.2 Å². The number of benzene rings is 1. The van der Waals surface area contributed by atoms with Gasteiger partial charge in [0, 0.05) is 15.6 Å². The van der Waals surface area contributed by atoms with Crippen molar-refractivity contribution in [1.82, 2.24) is 5.16 Å². The zero-order valence-corrected chi connectivity index (χ0v) is 12.8. The van der Waals surface area contributed by atoms with E-state index < -0.39 is 0 Å². The first kappa shape index (κ1) is 12.7. The van der Waals surface area contributed by atoms with Crippen molar-refractivity contribution in [2.45, 2.75) is 0 Å². The van der Waals surface area contributed by atoms with E-state index in [0.29, 0.717) is 16.1 Å². The molecule has 2 heterocycles. The topological polar surface area (TPSA) is 60.2 Å². The van der Waals surface area contributed by atoms with Gasteiger partial charge in [-0.05, 0) is 23.6 Å². The number of rotatable bonds is 1. The van der Waals surface area contributed by atoms with Crippen molar-refractivity contribution in [3.63, 3.8) is 0 Å². The first-order valence-corrected chi connectivity index (χ1v) is 7.76. The fourth-order valence-corrected chi connectivity index (χ4v) is 3.62. The highest BCUT2D eigenvalue weighted by molar-refractivity contribution is 9.10. The standard InChI is InChI=1S/C15H6BrNO3S/c16-8-3-1-2-7(6-8)11-10-13(19)15-9(4-5-21-15)12(18)14(10)20-17-11/h1-6H. The third-order valence-electron chi connectivity index (χ3n) is 3.34. The lowest BCUT2D eigenvalue weighted by molar-refractivity contribution is 0.0958. The average Bonchev–Trinajstić information content (AvgIpc) is 3.12. The van der Waals surface area contributed by atoms with Crippen molar-refractivity contribution in [2.24, 2.45) is 0 Å². The second kappa shape index (κ2) is 4.47. The van der Waals surface area contributed by atoms with E-state index >= 15 is 0 Å². The zero-order valence-electron chi connectivity index (χ0n) is 10.4. The summed E-state index contributed by atoms with van der Waals surface area (Å²) in [6.45, 7) is 0. The third kappa shape index (κ3) is 1.76. The molecule has 21 heavy (non-hydrogen) atoms. The van der Waals surface area contributed by atoms with Crippen molar-refractivity contribution in [3.05, 3.63) is 61.9 Å². The minimum absolute atomic E-state index is 0.0286. The Labute approximate surface area is 131 Å². The summed E-state index contributed by atoms with van der Waals surface area (Å²) in [6.07, 6.45) is 0. The Morgan fingerprint density at radius 2 is 2.00 bits per heavy atom. The van der Waals surface area contributed by atoms with E-state index in [1.807, 2.05) is 24.3 Å². The highest BCUT2D eigenvalue weighted by Gasteiger charge is 2.37. The van der Waals surface area contributed by atoms with Gasteiger partial charge in [-0.15, -0.1) is 11.3 Å². The molecular weight excluding hydrogens is 354 g/mol. The molecule has 0 atom stereocenters. The van der Waals surface area contributed by atoms with E-state index in [1.165, 1.54) is 11.3 Å². The Hall–Kier alpha value is -2.05. The van der Waals surface area contributed by atoms with E-state index in [4.69, 9.17) is 4.52 Å². The van der Waals surface area contributed by atoms with Crippen LogP contribution in [0.1, 0.15) is 31.4 Å². The average molecular weight is 360 g/mol. The van der Waals surface area contributed by atoms with Crippen LogP contribution in [-0.4, -0.2) is 16.7 Å². The van der Waals surface area contributed by atoms with E-state index in [1.54, 1.807) is 11.4 Å². The number of fused-ring (bicyclic) bond motifs is 2. The predicted molar refractivity (Wildman–Crippen MR) is 80.8 cm³/mol. The number of carbonyl (C=O) groups excluding carboxylic acids is 2. The lowest BCUT2D eigenvalue weighted by Gasteiger charge is -2.08. The maximum Gasteiger partial charge on any atom is 0.233 e. The number of halogens is 1. The van der Waals surface area contributed by atoms with Crippen molar-refractivity contribution in [1.29, 1.82) is 0 Å². The zero-order chi connectivity index (χ0) is 14.6. The Balaban J connectivity index is 1.97. The number of thiophene rings is 1. The molecule has 0 fully saturated rings. The molecule has 0 unspecified atom stereocenters. The quantitative estimate of drug-likeness (QED) is 0.516. The van der Waals surface area contributed by atoms with Gasteiger partial charge >= 0.3 is 0 Å². The number of hydrogen-bond acceptors (Lipinski definition) is 5. The molecule has 6 heteroatoms. The second-order valence-corrected chi connectivity index (χ2v) is 6.40. The Morgan fingerprint density at radius 1 is 1.14 bits per heavy atom. The van der Waals surface area contributed by atoms with Gasteiger partial charge in [-0.3, -0.25) is 9.59 Å². The van der Waals surface area contributed by atoms with Crippen LogP contribution in [0.25, 0.3) is 11.3 Å². The minimum atomic E-state index is -0.283. The third-order valence-corrected chi connectivity index (χ3v) is 4.75. The summed E-state index contributed by atoms with van der Waals surface area (Å²) >= 11 is 4.64. The van der Waals surface area contributed by atoms with Crippen molar-refractivity contribution in [3.8, 4) is 11.3 Å². The van der Waals surface area contributed by atoms with Gasteiger partial charge in [0.25, 0.3) is 0 Å². The number of nitrogens with zero attached hydrogens (tertiary/aromatic N) is 1. The van der Waals surface area contributed by atoms with Gasteiger partial charge < -0.3 is 4.52 Å². The molecule has 0 saturated heterocycles. The molecule has 0 spiro atoms. The molecule has 102 valence electrons. The van der Waals surface area contributed by atoms with E-state index in [2.05, 4.69) is 21.1 Å².